The lowest BCUT2D eigenvalue weighted by Gasteiger charge is -2.34. The summed E-state index contributed by atoms with van der Waals surface area (Å²) in [4.78, 5) is 21.8. The lowest BCUT2D eigenvalue weighted by Crippen LogP contribution is -2.43. The third kappa shape index (κ3) is 4.44. The molecule has 152 valence electrons. The van der Waals surface area contributed by atoms with E-state index in [1.165, 1.54) is 0 Å². The molecule has 0 saturated carbocycles. The minimum Gasteiger partial charge on any atom is -0.378 e. The van der Waals surface area contributed by atoms with Crippen LogP contribution in [0.1, 0.15) is 36.8 Å². The zero-order valence-electron chi connectivity index (χ0n) is 16.9. The monoisotopic (exact) mass is 385 g/mol. The van der Waals surface area contributed by atoms with E-state index in [-0.39, 0.29) is 0 Å². The Morgan fingerprint density at radius 3 is 2.61 bits per heavy atom. The van der Waals surface area contributed by atoms with E-state index >= 15 is 0 Å². The number of aromatic nitrogens is 4. The smallest absolute Gasteiger partial charge is 0.227 e. The van der Waals surface area contributed by atoms with Crippen molar-refractivity contribution in [3.63, 3.8) is 0 Å². The first-order chi connectivity index (χ1) is 13.7. The molecule has 0 atom stereocenters. The quantitative estimate of drug-likeness (QED) is 0.783. The zero-order chi connectivity index (χ0) is 19.3. The molecule has 2 saturated heterocycles. The van der Waals surface area contributed by atoms with Crippen molar-refractivity contribution < 1.29 is 4.74 Å². The minimum absolute atomic E-state index is 0.526. The van der Waals surface area contributed by atoms with Gasteiger partial charge in [-0.1, -0.05) is 6.92 Å². The number of rotatable bonds is 6. The number of hydrogen-bond donors (Lipinski definition) is 2. The number of nitrogens with zero attached hydrogens (tertiary/aromatic N) is 5. The fourth-order valence-electron chi connectivity index (χ4n) is 3.84. The van der Waals surface area contributed by atoms with Gasteiger partial charge in [0.2, 0.25) is 5.95 Å². The first kappa shape index (κ1) is 19.1. The molecule has 8 heteroatoms. The second kappa shape index (κ2) is 8.87. The summed E-state index contributed by atoms with van der Waals surface area (Å²) in [5.41, 5.74) is 3.37. The molecule has 2 aromatic rings. The van der Waals surface area contributed by atoms with Crippen molar-refractivity contribution in [1.29, 1.82) is 0 Å². The molecular weight excluding hydrogens is 354 g/mol. The summed E-state index contributed by atoms with van der Waals surface area (Å²) >= 11 is 0. The molecule has 4 heterocycles. The fourth-order valence-corrected chi connectivity index (χ4v) is 3.84. The first-order valence-electron chi connectivity index (χ1n) is 10.4. The van der Waals surface area contributed by atoms with Crippen molar-refractivity contribution >= 4 is 11.8 Å². The van der Waals surface area contributed by atoms with Crippen LogP contribution in [-0.2, 0) is 17.7 Å². The molecule has 28 heavy (non-hydrogen) atoms. The van der Waals surface area contributed by atoms with Gasteiger partial charge in [-0.2, -0.15) is 4.98 Å². The van der Waals surface area contributed by atoms with Crippen molar-refractivity contribution in [2.24, 2.45) is 0 Å². The van der Waals surface area contributed by atoms with Gasteiger partial charge in [0.25, 0.3) is 0 Å². The number of ether oxygens (including phenoxy) is 1. The second-order valence-corrected chi connectivity index (χ2v) is 7.59. The lowest BCUT2D eigenvalue weighted by molar-refractivity contribution is 0.122. The van der Waals surface area contributed by atoms with Crippen LogP contribution in [-0.4, -0.2) is 65.4 Å². The van der Waals surface area contributed by atoms with Gasteiger partial charge in [0.15, 0.2) is 0 Å². The largest absolute Gasteiger partial charge is 0.378 e. The predicted octanol–water partition coefficient (Wildman–Crippen LogP) is 1.67. The highest BCUT2D eigenvalue weighted by Crippen LogP contribution is 2.22. The maximum absolute atomic E-state index is 5.47. The van der Waals surface area contributed by atoms with Gasteiger partial charge in [0.05, 0.1) is 25.2 Å². The Morgan fingerprint density at radius 2 is 1.93 bits per heavy atom. The molecule has 2 aliphatic rings. The minimum atomic E-state index is 0.526. The SMILES string of the molecule is CCc1cc(N2CCC(NCc3nc[nH]c3C)CC2)nc(N2CCOCC2)n1. The molecule has 4 rings (SSSR count). The molecule has 0 amide bonds. The van der Waals surface area contributed by atoms with Gasteiger partial charge in [-0.3, -0.25) is 0 Å². The van der Waals surface area contributed by atoms with Crippen molar-refractivity contribution in [1.82, 2.24) is 25.3 Å². The van der Waals surface area contributed by atoms with Crippen LogP contribution in [0.15, 0.2) is 12.4 Å². The van der Waals surface area contributed by atoms with Crippen molar-refractivity contribution in [2.45, 2.75) is 45.7 Å². The van der Waals surface area contributed by atoms with Crippen LogP contribution in [0.3, 0.4) is 0 Å². The van der Waals surface area contributed by atoms with Gasteiger partial charge in [0, 0.05) is 56.2 Å². The average molecular weight is 386 g/mol. The Morgan fingerprint density at radius 1 is 1.14 bits per heavy atom. The highest BCUT2D eigenvalue weighted by Gasteiger charge is 2.22. The van der Waals surface area contributed by atoms with E-state index in [2.05, 4.69) is 45.0 Å². The Hall–Kier alpha value is -2.19. The lowest BCUT2D eigenvalue weighted by atomic mass is 10.0. The van der Waals surface area contributed by atoms with E-state index in [1.807, 2.05) is 0 Å². The van der Waals surface area contributed by atoms with E-state index in [1.54, 1.807) is 6.33 Å². The maximum atomic E-state index is 5.47. The summed E-state index contributed by atoms with van der Waals surface area (Å²) in [5.74, 6) is 1.92. The van der Waals surface area contributed by atoms with Crippen LogP contribution < -0.4 is 15.1 Å². The van der Waals surface area contributed by atoms with Crippen LogP contribution in [0.2, 0.25) is 0 Å². The number of imidazole rings is 1. The van der Waals surface area contributed by atoms with E-state index in [0.717, 1.165) is 94.0 Å². The van der Waals surface area contributed by atoms with Gasteiger partial charge in [-0.15, -0.1) is 0 Å². The van der Waals surface area contributed by atoms with Gasteiger partial charge >= 0.3 is 0 Å². The Balaban J connectivity index is 1.37. The summed E-state index contributed by atoms with van der Waals surface area (Å²) < 4.78 is 5.47. The highest BCUT2D eigenvalue weighted by atomic mass is 16.5. The third-order valence-corrected chi connectivity index (χ3v) is 5.72. The van der Waals surface area contributed by atoms with E-state index in [4.69, 9.17) is 14.7 Å². The van der Waals surface area contributed by atoms with Crippen LogP contribution in [0, 0.1) is 6.92 Å². The molecule has 2 aromatic heterocycles. The van der Waals surface area contributed by atoms with Gasteiger partial charge < -0.3 is 24.8 Å². The predicted molar refractivity (Wildman–Crippen MR) is 110 cm³/mol. The number of H-pyrrole nitrogens is 1. The summed E-state index contributed by atoms with van der Waals surface area (Å²) in [5, 5.41) is 3.66. The van der Waals surface area contributed by atoms with Gasteiger partial charge in [-0.25, -0.2) is 9.97 Å². The number of morpholine rings is 1. The Bertz CT molecular complexity index is 764. The van der Waals surface area contributed by atoms with Crippen molar-refractivity contribution in [2.75, 3.05) is 49.2 Å². The number of hydrogen-bond acceptors (Lipinski definition) is 7. The Labute approximate surface area is 166 Å². The van der Waals surface area contributed by atoms with Crippen molar-refractivity contribution in [3.8, 4) is 0 Å². The molecule has 8 nitrogen and oxygen atoms in total. The summed E-state index contributed by atoms with van der Waals surface area (Å²) in [6.07, 6.45) is 4.92. The molecule has 0 unspecified atom stereocenters. The highest BCUT2D eigenvalue weighted by molar-refractivity contribution is 5.46. The zero-order valence-corrected chi connectivity index (χ0v) is 16.9. The maximum Gasteiger partial charge on any atom is 0.227 e. The van der Waals surface area contributed by atoms with Crippen LogP contribution in [0.5, 0.6) is 0 Å². The number of aryl methyl sites for hydroxylation is 2. The summed E-state index contributed by atoms with van der Waals surface area (Å²) in [6.45, 7) is 10.3. The van der Waals surface area contributed by atoms with E-state index < -0.39 is 0 Å². The molecule has 0 radical (unpaired) electrons. The molecule has 0 spiro atoms. The molecule has 0 aliphatic carbocycles. The molecule has 2 N–H and O–H groups in total. The number of piperidine rings is 1. The Kier molecular flexibility index (Phi) is 6.07. The van der Waals surface area contributed by atoms with E-state index in [0.29, 0.717) is 6.04 Å². The first-order valence-corrected chi connectivity index (χ1v) is 10.4. The number of aromatic amines is 1. The van der Waals surface area contributed by atoms with Gasteiger partial charge in [-0.05, 0) is 26.2 Å². The van der Waals surface area contributed by atoms with Crippen LogP contribution in [0.4, 0.5) is 11.8 Å². The second-order valence-electron chi connectivity index (χ2n) is 7.59. The van der Waals surface area contributed by atoms with Crippen molar-refractivity contribution in [3.05, 3.63) is 29.5 Å². The molecule has 2 aliphatic heterocycles. The number of anilines is 2. The van der Waals surface area contributed by atoms with Crippen LogP contribution in [0.25, 0.3) is 0 Å². The standard InChI is InChI=1S/C20H31N7O/c1-3-16-12-19(25-20(24-16)27-8-10-28-11-9-27)26-6-4-17(5-7-26)21-13-18-15(2)22-14-23-18/h12,14,17,21H,3-11,13H2,1-2H3,(H,22,23). The molecule has 0 aromatic carbocycles. The average Bonchev–Trinajstić information content (AvgIpc) is 3.17. The molecule has 2 fully saturated rings. The summed E-state index contributed by atoms with van der Waals surface area (Å²) in [6, 6.07) is 2.68. The van der Waals surface area contributed by atoms with Crippen LogP contribution >= 0.6 is 0 Å². The van der Waals surface area contributed by atoms with E-state index in [9.17, 15) is 0 Å². The van der Waals surface area contributed by atoms with Gasteiger partial charge in [0.1, 0.15) is 5.82 Å². The normalized spacial score (nSPS) is 18.6. The molecular formula is C20H31N7O. The molecule has 0 bridgehead atoms. The number of nitrogens with one attached hydrogen (secondary N) is 2. The topological polar surface area (TPSA) is 82.2 Å². The third-order valence-electron chi connectivity index (χ3n) is 5.72. The summed E-state index contributed by atoms with van der Waals surface area (Å²) in [7, 11) is 0. The fraction of sp³-hybridized carbons (Fsp3) is 0.650.